The van der Waals surface area contributed by atoms with Crippen LogP contribution in [0.15, 0.2) is 42.5 Å². The number of nitriles is 1. The summed E-state index contributed by atoms with van der Waals surface area (Å²) in [7, 11) is 0. The molecule has 1 atom stereocenters. The van der Waals surface area contributed by atoms with Crippen molar-refractivity contribution in [2.24, 2.45) is 0 Å². The SMILES string of the molecule is N#Cc1cccc(OCC(=O)N2CCC[C@@H]2c2ccc3c(c2)OCCCO3)c1. The standard InChI is InChI=1S/C22H22N2O4/c23-14-16-4-1-5-18(12-16)28-15-22(25)24-9-2-6-19(24)17-7-8-20-21(13-17)27-11-3-10-26-20/h1,4-5,7-8,12-13,19H,2-3,6,9-11,15H2/t19-/m1/s1. The zero-order chi connectivity index (χ0) is 19.3. The minimum Gasteiger partial charge on any atom is -0.490 e. The van der Waals surface area contributed by atoms with Crippen molar-refractivity contribution in [2.75, 3.05) is 26.4 Å². The van der Waals surface area contributed by atoms with Crippen LogP contribution in [0.3, 0.4) is 0 Å². The number of hydrogen-bond acceptors (Lipinski definition) is 5. The molecule has 1 fully saturated rings. The van der Waals surface area contributed by atoms with Crippen molar-refractivity contribution in [3.63, 3.8) is 0 Å². The fourth-order valence-electron chi connectivity index (χ4n) is 3.68. The van der Waals surface area contributed by atoms with Crippen LogP contribution in [0.1, 0.15) is 36.4 Å². The van der Waals surface area contributed by atoms with Gasteiger partial charge in [0.1, 0.15) is 5.75 Å². The predicted molar refractivity (Wildman–Crippen MR) is 102 cm³/mol. The Morgan fingerprint density at radius 2 is 2.00 bits per heavy atom. The van der Waals surface area contributed by atoms with Gasteiger partial charge in [-0.15, -0.1) is 0 Å². The molecular weight excluding hydrogens is 356 g/mol. The molecule has 1 amide bonds. The molecule has 28 heavy (non-hydrogen) atoms. The second-order valence-corrected chi connectivity index (χ2v) is 6.93. The van der Waals surface area contributed by atoms with Crippen LogP contribution in [-0.4, -0.2) is 37.2 Å². The summed E-state index contributed by atoms with van der Waals surface area (Å²) in [5.74, 6) is 1.98. The van der Waals surface area contributed by atoms with Crippen LogP contribution >= 0.6 is 0 Å². The first-order valence-electron chi connectivity index (χ1n) is 9.56. The molecule has 0 unspecified atom stereocenters. The van der Waals surface area contributed by atoms with Gasteiger partial charge in [-0.25, -0.2) is 0 Å². The molecule has 0 aliphatic carbocycles. The summed E-state index contributed by atoms with van der Waals surface area (Å²) in [6.07, 6.45) is 2.73. The molecule has 2 heterocycles. The second kappa shape index (κ2) is 8.22. The van der Waals surface area contributed by atoms with Crippen molar-refractivity contribution < 1.29 is 19.0 Å². The molecule has 144 valence electrons. The number of rotatable bonds is 4. The largest absolute Gasteiger partial charge is 0.490 e. The first-order chi connectivity index (χ1) is 13.7. The smallest absolute Gasteiger partial charge is 0.261 e. The number of hydrogen-bond donors (Lipinski definition) is 0. The highest BCUT2D eigenvalue weighted by Crippen LogP contribution is 2.37. The minimum absolute atomic E-state index is 0.0127. The Morgan fingerprint density at radius 1 is 1.14 bits per heavy atom. The van der Waals surface area contributed by atoms with E-state index in [1.807, 2.05) is 23.1 Å². The van der Waals surface area contributed by atoms with Gasteiger partial charge in [-0.3, -0.25) is 4.79 Å². The maximum atomic E-state index is 12.8. The van der Waals surface area contributed by atoms with Crippen LogP contribution in [0.25, 0.3) is 0 Å². The van der Waals surface area contributed by atoms with E-state index in [0.717, 1.165) is 36.3 Å². The molecule has 2 aliphatic rings. The molecule has 0 spiro atoms. The van der Waals surface area contributed by atoms with E-state index in [1.165, 1.54) is 0 Å². The first-order valence-corrected chi connectivity index (χ1v) is 9.56. The maximum absolute atomic E-state index is 12.8. The van der Waals surface area contributed by atoms with Gasteiger partial charge in [-0.05, 0) is 48.7 Å². The lowest BCUT2D eigenvalue weighted by molar-refractivity contribution is -0.134. The third-order valence-electron chi connectivity index (χ3n) is 5.05. The van der Waals surface area contributed by atoms with Gasteiger partial charge in [0.25, 0.3) is 5.91 Å². The lowest BCUT2D eigenvalue weighted by Gasteiger charge is -2.25. The predicted octanol–water partition coefficient (Wildman–Crippen LogP) is 3.46. The van der Waals surface area contributed by atoms with Crippen LogP contribution in [0, 0.1) is 11.3 Å². The molecule has 2 aromatic rings. The molecule has 0 aromatic heterocycles. The van der Waals surface area contributed by atoms with Gasteiger partial charge in [0.15, 0.2) is 18.1 Å². The summed E-state index contributed by atoms with van der Waals surface area (Å²) in [4.78, 5) is 14.6. The molecule has 0 saturated carbocycles. The number of amides is 1. The zero-order valence-corrected chi connectivity index (χ0v) is 15.6. The second-order valence-electron chi connectivity index (χ2n) is 6.93. The van der Waals surface area contributed by atoms with E-state index in [9.17, 15) is 4.79 Å². The van der Waals surface area contributed by atoms with Gasteiger partial charge < -0.3 is 19.1 Å². The van der Waals surface area contributed by atoms with Crippen molar-refractivity contribution in [2.45, 2.75) is 25.3 Å². The number of nitrogens with zero attached hydrogens (tertiary/aromatic N) is 2. The molecular formula is C22H22N2O4. The summed E-state index contributed by atoms with van der Waals surface area (Å²) in [6.45, 7) is 1.96. The normalized spacial score (nSPS) is 18.2. The number of carbonyl (C=O) groups is 1. The minimum atomic E-state index is -0.0584. The molecule has 0 N–H and O–H groups in total. The lowest BCUT2D eigenvalue weighted by Crippen LogP contribution is -2.34. The average Bonchev–Trinajstić information content (AvgIpc) is 3.11. The third-order valence-corrected chi connectivity index (χ3v) is 5.05. The molecule has 2 aliphatic heterocycles. The first kappa shape index (κ1) is 18.2. The molecule has 6 nitrogen and oxygen atoms in total. The molecule has 4 rings (SSSR count). The fraction of sp³-hybridized carbons (Fsp3) is 0.364. The maximum Gasteiger partial charge on any atom is 0.261 e. The average molecular weight is 378 g/mol. The van der Waals surface area contributed by atoms with E-state index in [2.05, 4.69) is 6.07 Å². The van der Waals surface area contributed by atoms with E-state index in [1.54, 1.807) is 24.3 Å². The van der Waals surface area contributed by atoms with Gasteiger partial charge in [-0.2, -0.15) is 5.26 Å². The van der Waals surface area contributed by atoms with E-state index >= 15 is 0 Å². The Morgan fingerprint density at radius 3 is 2.86 bits per heavy atom. The number of benzene rings is 2. The van der Waals surface area contributed by atoms with Crippen LogP contribution in [0.5, 0.6) is 17.2 Å². The number of ether oxygens (including phenoxy) is 3. The van der Waals surface area contributed by atoms with E-state index < -0.39 is 0 Å². The fourth-order valence-corrected chi connectivity index (χ4v) is 3.68. The van der Waals surface area contributed by atoms with Crippen molar-refractivity contribution in [3.05, 3.63) is 53.6 Å². The van der Waals surface area contributed by atoms with Crippen molar-refractivity contribution >= 4 is 5.91 Å². The summed E-state index contributed by atoms with van der Waals surface area (Å²) in [5.41, 5.74) is 1.57. The zero-order valence-electron chi connectivity index (χ0n) is 15.6. The molecule has 6 heteroatoms. The van der Waals surface area contributed by atoms with Gasteiger partial charge in [-0.1, -0.05) is 12.1 Å². The van der Waals surface area contributed by atoms with Crippen LogP contribution in [0.2, 0.25) is 0 Å². The Hall–Kier alpha value is -3.20. The van der Waals surface area contributed by atoms with E-state index in [4.69, 9.17) is 19.5 Å². The van der Waals surface area contributed by atoms with Gasteiger partial charge in [0, 0.05) is 13.0 Å². The number of carbonyl (C=O) groups excluding carboxylic acids is 1. The molecule has 2 aromatic carbocycles. The Bertz CT molecular complexity index is 906. The van der Waals surface area contributed by atoms with Crippen molar-refractivity contribution in [1.29, 1.82) is 5.26 Å². The molecule has 1 saturated heterocycles. The summed E-state index contributed by atoms with van der Waals surface area (Å²) >= 11 is 0. The molecule has 0 radical (unpaired) electrons. The van der Waals surface area contributed by atoms with Crippen LogP contribution in [0.4, 0.5) is 0 Å². The van der Waals surface area contributed by atoms with Gasteiger partial charge in [0.2, 0.25) is 0 Å². The summed E-state index contributed by atoms with van der Waals surface area (Å²) < 4.78 is 17.1. The highest BCUT2D eigenvalue weighted by Gasteiger charge is 2.31. The number of likely N-dealkylation sites (tertiary alicyclic amines) is 1. The van der Waals surface area contributed by atoms with Gasteiger partial charge >= 0.3 is 0 Å². The van der Waals surface area contributed by atoms with E-state index in [-0.39, 0.29) is 18.6 Å². The highest BCUT2D eigenvalue weighted by molar-refractivity contribution is 5.78. The summed E-state index contributed by atoms with van der Waals surface area (Å²) in [5, 5.41) is 8.97. The highest BCUT2D eigenvalue weighted by atomic mass is 16.5. The topological polar surface area (TPSA) is 71.8 Å². The number of fused-ring (bicyclic) bond motifs is 1. The third kappa shape index (κ3) is 3.89. The molecule has 0 bridgehead atoms. The Balaban J connectivity index is 1.45. The van der Waals surface area contributed by atoms with Gasteiger partial charge in [0.05, 0.1) is 30.9 Å². The van der Waals surface area contributed by atoms with Crippen molar-refractivity contribution in [3.8, 4) is 23.3 Å². The Kier molecular flexibility index (Phi) is 5.34. The summed E-state index contributed by atoms with van der Waals surface area (Å²) in [6, 6.07) is 14.9. The van der Waals surface area contributed by atoms with Crippen LogP contribution < -0.4 is 14.2 Å². The van der Waals surface area contributed by atoms with Crippen molar-refractivity contribution in [1.82, 2.24) is 4.90 Å². The Labute approximate surface area is 164 Å². The quantitative estimate of drug-likeness (QED) is 0.815. The van der Waals surface area contributed by atoms with Crippen LogP contribution in [-0.2, 0) is 4.79 Å². The van der Waals surface area contributed by atoms with E-state index in [0.29, 0.717) is 31.1 Å². The monoisotopic (exact) mass is 378 g/mol. The lowest BCUT2D eigenvalue weighted by atomic mass is 10.0.